The molecule has 0 radical (unpaired) electrons. The van der Waals surface area contributed by atoms with Crippen molar-refractivity contribution in [3.8, 4) is 0 Å². The van der Waals surface area contributed by atoms with Gasteiger partial charge in [0, 0.05) is 24.7 Å². The van der Waals surface area contributed by atoms with E-state index in [1.807, 2.05) is 0 Å². The molecule has 104 valence electrons. The average molecular weight is 284 g/mol. The molecule has 2 rings (SSSR count). The minimum absolute atomic E-state index is 0.0220. The summed E-state index contributed by atoms with van der Waals surface area (Å²) in [6, 6.07) is 5.02. The maximum Gasteiger partial charge on any atom is 0.271 e. The van der Waals surface area contributed by atoms with Crippen LogP contribution in [0.1, 0.15) is 19.8 Å². The first-order chi connectivity index (χ1) is 9.02. The fourth-order valence-corrected chi connectivity index (χ4v) is 2.84. The van der Waals surface area contributed by atoms with E-state index in [0.29, 0.717) is 23.5 Å². The van der Waals surface area contributed by atoms with Crippen LogP contribution in [0.3, 0.4) is 0 Å². The van der Waals surface area contributed by atoms with Crippen LogP contribution >= 0.6 is 11.6 Å². The molecule has 1 aliphatic rings. The van der Waals surface area contributed by atoms with Gasteiger partial charge in [0.2, 0.25) is 0 Å². The highest BCUT2D eigenvalue weighted by molar-refractivity contribution is 6.33. The highest BCUT2D eigenvalue weighted by atomic mass is 35.5. The third-order valence-corrected chi connectivity index (χ3v) is 4.07. The Kier molecular flexibility index (Phi) is 4.27. The maximum absolute atomic E-state index is 10.7. The molecule has 19 heavy (non-hydrogen) atoms. The molecule has 6 heteroatoms. The molecule has 1 saturated heterocycles. The van der Waals surface area contributed by atoms with Gasteiger partial charge in [-0.25, -0.2) is 0 Å². The second kappa shape index (κ2) is 5.75. The van der Waals surface area contributed by atoms with Crippen molar-refractivity contribution in [3.63, 3.8) is 0 Å². The van der Waals surface area contributed by atoms with Gasteiger partial charge in [-0.2, -0.15) is 0 Å². The number of nitrogens with zero attached hydrogens (tertiary/aromatic N) is 2. The lowest BCUT2D eigenvalue weighted by molar-refractivity contribution is -0.384. The Balaban J connectivity index is 2.27. The van der Waals surface area contributed by atoms with Crippen molar-refractivity contribution in [2.75, 3.05) is 18.0 Å². The summed E-state index contributed by atoms with van der Waals surface area (Å²) in [6.45, 7) is 3.66. The number of nitro groups is 1. The highest BCUT2D eigenvalue weighted by Crippen LogP contribution is 2.34. The largest absolute Gasteiger partial charge is 0.367 e. The van der Waals surface area contributed by atoms with Crippen LogP contribution in [-0.4, -0.2) is 24.1 Å². The van der Waals surface area contributed by atoms with E-state index in [0.717, 1.165) is 25.1 Å². The zero-order valence-electron chi connectivity index (χ0n) is 10.9. The van der Waals surface area contributed by atoms with Crippen molar-refractivity contribution in [1.29, 1.82) is 0 Å². The number of nitrogens with two attached hydrogens (primary N) is 1. The normalized spacial score (nSPS) is 23.4. The lowest BCUT2D eigenvalue weighted by atomic mass is 9.93. The van der Waals surface area contributed by atoms with E-state index >= 15 is 0 Å². The van der Waals surface area contributed by atoms with Crippen LogP contribution in [0.5, 0.6) is 0 Å². The smallest absolute Gasteiger partial charge is 0.271 e. The van der Waals surface area contributed by atoms with Crippen molar-refractivity contribution < 1.29 is 4.92 Å². The van der Waals surface area contributed by atoms with E-state index in [1.165, 1.54) is 12.1 Å². The molecule has 0 amide bonds. The Morgan fingerprint density at radius 3 is 2.84 bits per heavy atom. The van der Waals surface area contributed by atoms with Crippen molar-refractivity contribution in [2.24, 2.45) is 11.7 Å². The summed E-state index contributed by atoms with van der Waals surface area (Å²) in [5.41, 5.74) is 6.62. The Hall–Kier alpha value is -1.33. The lowest BCUT2D eigenvalue weighted by Gasteiger charge is -2.39. The number of nitro benzene ring substituents is 1. The number of non-ortho nitro benzene ring substituents is 1. The fourth-order valence-electron chi connectivity index (χ4n) is 2.55. The van der Waals surface area contributed by atoms with Crippen LogP contribution < -0.4 is 10.6 Å². The van der Waals surface area contributed by atoms with E-state index < -0.39 is 4.92 Å². The molecule has 1 aromatic carbocycles. The van der Waals surface area contributed by atoms with Gasteiger partial charge in [-0.05, 0) is 38.3 Å². The maximum atomic E-state index is 10.7. The second-order valence-electron chi connectivity index (χ2n) is 5.07. The van der Waals surface area contributed by atoms with Crippen LogP contribution in [0.2, 0.25) is 5.02 Å². The Morgan fingerprint density at radius 1 is 1.53 bits per heavy atom. The van der Waals surface area contributed by atoms with Crippen LogP contribution in [-0.2, 0) is 0 Å². The Morgan fingerprint density at radius 2 is 2.26 bits per heavy atom. The van der Waals surface area contributed by atoms with E-state index in [4.69, 9.17) is 17.3 Å². The average Bonchev–Trinajstić information content (AvgIpc) is 2.39. The first-order valence-corrected chi connectivity index (χ1v) is 6.81. The molecule has 5 nitrogen and oxygen atoms in total. The van der Waals surface area contributed by atoms with Crippen molar-refractivity contribution in [3.05, 3.63) is 33.3 Å². The quantitative estimate of drug-likeness (QED) is 0.684. The summed E-state index contributed by atoms with van der Waals surface area (Å²) >= 11 is 6.19. The fraction of sp³-hybridized carbons (Fsp3) is 0.538. The zero-order chi connectivity index (χ0) is 14.0. The van der Waals surface area contributed by atoms with Gasteiger partial charge >= 0.3 is 0 Å². The zero-order valence-corrected chi connectivity index (χ0v) is 11.6. The summed E-state index contributed by atoms with van der Waals surface area (Å²) in [6.07, 6.45) is 2.19. The highest BCUT2D eigenvalue weighted by Gasteiger charge is 2.26. The number of hydrogen-bond acceptors (Lipinski definition) is 4. The number of hydrogen-bond donors (Lipinski definition) is 1. The molecule has 2 unspecified atom stereocenters. The van der Waals surface area contributed by atoms with Gasteiger partial charge in [0.25, 0.3) is 5.69 Å². The first-order valence-electron chi connectivity index (χ1n) is 6.43. The van der Waals surface area contributed by atoms with Gasteiger partial charge in [0.1, 0.15) is 0 Å². The standard InChI is InChI=1S/C13H18ClN3O2/c1-9-2-3-10(7-15)8-16(9)13-5-4-11(17(18)19)6-12(13)14/h4-6,9-10H,2-3,7-8,15H2,1H3. The summed E-state index contributed by atoms with van der Waals surface area (Å²) in [5, 5.41) is 11.1. The van der Waals surface area contributed by atoms with Crippen LogP contribution in [0.15, 0.2) is 18.2 Å². The van der Waals surface area contributed by atoms with Crippen molar-refractivity contribution >= 4 is 23.0 Å². The predicted octanol–water partition coefficient (Wildman–Crippen LogP) is 2.81. The van der Waals surface area contributed by atoms with E-state index in [2.05, 4.69) is 11.8 Å². The van der Waals surface area contributed by atoms with Gasteiger partial charge < -0.3 is 10.6 Å². The van der Waals surface area contributed by atoms with Gasteiger partial charge in [-0.15, -0.1) is 0 Å². The van der Waals surface area contributed by atoms with Gasteiger partial charge in [-0.3, -0.25) is 10.1 Å². The molecule has 2 atom stereocenters. The molecule has 0 bridgehead atoms. The molecule has 0 aliphatic carbocycles. The summed E-state index contributed by atoms with van der Waals surface area (Å²) < 4.78 is 0. The summed E-state index contributed by atoms with van der Waals surface area (Å²) in [5.74, 6) is 0.461. The third-order valence-electron chi connectivity index (χ3n) is 3.76. The minimum Gasteiger partial charge on any atom is -0.367 e. The Labute approximate surface area is 117 Å². The Bertz CT molecular complexity index is 481. The lowest BCUT2D eigenvalue weighted by Crippen LogP contribution is -2.44. The molecule has 0 spiro atoms. The van der Waals surface area contributed by atoms with Crippen molar-refractivity contribution in [1.82, 2.24) is 0 Å². The van der Waals surface area contributed by atoms with Crippen LogP contribution in [0.25, 0.3) is 0 Å². The molecule has 0 aromatic heterocycles. The molecule has 2 N–H and O–H groups in total. The molecular weight excluding hydrogens is 266 g/mol. The molecule has 1 heterocycles. The third kappa shape index (κ3) is 2.98. The molecule has 1 aromatic rings. The van der Waals surface area contributed by atoms with E-state index in [-0.39, 0.29) is 5.69 Å². The monoisotopic (exact) mass is 283 g/mol. The summed E-state index contributed by atoms with van der Waals surface area (Å²) in [4.78, 5) is 12.5. The minimum atomic E-state index is -0.433. The number of benzene rings is 1. The van der Waals surface area contributed by atoms with E-state index in [1.54, 1.807) is 6.07 Å². The second-order valence-corrected chi connectivity index (χ2v) is 5.48. The van der Waals surface area contributed by atoms with Crippen molar-refractivity contribution in [2.45, 2.75) is 25.8 Å². The first kappa shape index (κ1) is 14.1. The number of anilines is 1. The number of halogens is 1. The topological polar surface area (TPSA) is 72.4 Å². The van der Waals surface area contributed by atoms with Gasteiger partial charge in [0.05, 0.1) is 15.6 Å². The van der Waals surface area contributed by atoms with Gasteiger partial charge in [-0.1, -0.05) is 11.6 Å². The molecule has 0 saturated carbocycles. The van der Waals surface area contributed by atoms with Crippen LogP contribution in [0, 0.1) is 16.0 Å². The molecule has 1 aliphatic heterocycles. The van der Waals surface area contributed by atoms with Crippen LogP contribution in [0.4, 0.5) is 11.4 Å². The van der Waals surface area contributed by atoms with E-state index in [9.17, 15) is 10.1 Å². The number of rotatable bonds is 3. The van der Waals surface area contributed by atoms with Gasteiger partial charge in [0.15, 0.2) is 0 Å². The molecular formula is C13H18ClN3O2. The predicted molar refractivity (Wildman–Crippen MR) is 76.7 cm³/mol. The number of piperidine rings is 1. The summed E-state index contributed by atoms with van der Waals surface area (Å²) in [7, 11) is 0. The molecule has 1 fully saturated rings. The SMILES string of the molecule is CC1CCC(CN)CN1c1ccc([N+](=O)[O-])cc1Cl.